The van der Waals surface area contributed by atoms with E-state index in [1.807, 2.05) is 0 Å². The van der Waals surface area contributed by atoms with E-state index in [0.29, 0.717) is 12.0 Å². The molecule has 1 amide bonds. The molecule has 0 bridgehead atoms. The fourth-order valence-electron chi connectivity index (χ4n) is 3.69. The minimum atomic E-state index is 0. The Bertz CT molecular complexity index is 691. The molecule has 2 N–H and O–H groups in total. The van der Waals surface area contributed by atoms with Crippen molar-refractivity contribution in [1.82, 2.24) is 10.6 Å². The summed E-state index contributed by atoms with van der Waals surface area (Å²) >= 11 is 0. The van der Waals surface area contributed by atoms with Gasteiger partial charge in [-0.2, -0.15) is 0 Å². The summed E-state index contributed by atoms with van der Waals surface area (Å²) in [4.78, 5) is 12.5. The average Bonchev–Trinajstić information content (AvgIpc) is 3.36. The molecule has 4 heteroatoms. The van der Waals surface area contributed by atoms with Crippen molar-refractivity contribution in [3.8, 4) is 0 Å². The van der Waals surface area contributed by atoms with Crippen LogP contribution in [0, 0.1) is 5.92 Å². The number of hydrogen-bond donors (Lipinski definition) is 2. The number of nitrogens with one attached hydrogen (secondary N) is 2. The third kappa shape index (κ3) is 3.36. The van der Waals surface area contributed by atoms with Crippen LogP contribution in [-0.2, 0) is 4.79 Å². The van der Waals surface area contributed by atoms with Gasteiger partial charge in [0.1, 0.15) is 0 Å². The van der Waals surface area contributed by atoms with E-state index in [1.54, 1.807) is 0 Å². The topological polar surface area (TPSA) is 41.1 Å². The first kappa shape index (κ1) is 16.3. The Balaban J connectivity index is 0.00000156. The molecule has 1 saturated carbocycles. The zero-order valence-corrected chi connectivity index (χ0v) is 13.9. The van der Waals surface area contributed by atoms with E-state index < -0.39 is 0 Å². The standard InChI is InChI=1S/C19H22N2O.ClH/c22-19(21-14-7-4-10-20-12-14)18-11-17(18)16-9-3-6-13-5-1-2-8-15(13)16;/h1-3,5-6,8-9,14,17-18,20H,4,7,10-12H2,(H,21,22);1H/t14-,17?,18?;/m0./s1. The number of carbonyl (C=O) groups is 1. The Kier molecular flexibility index (Phi) is 4.88. The highest BCUT2D eigenvalue weighted by Crippen LogP contribution is 2.49. The van der Waals surface area contributed by atoms with Crippen molar-refractivity contribution in [2.24, 2.45) is 5.92 Å². The maximum atomic E-state index is 12.5. The Morgan fingerprint density at radius 3 is 2.78 bits per heavy atom. The van der Waals surface area contributed by atoms with Crippen molar-refractivity contribution >= 4 is 29.1 Å². The molecule has 2 aliphatic rings. The number of piperidine rings is 1. The van der Waals surface area contributed by atoms with Gasteiger partial charge in [0.15, 0.2) is 0 Å². The molecule has 3 atom stereocenters. The van der Waals surface area contributed by atoms with Crippen molar-refractivity contribution in [3.05, 3.63) is 48.0 Å². The van der Waals surface area contributed by atoms with Gasteiger partial charge < -0.3 is 10.6 Å². The van der Waals surface area contributed by atoms with Crippen molar-refractivity contribution < 1.29 is 4.79 Å². The molecular weight excluding hydrogens is 308 g/mol. The lowest BCUT2D eigenvalue weighted by Crippen LogP contribution is -2.46. The predicted octanol–water partition coefficient (Wildman–Crippen LogP) is 3.23. The van der Waals surface area contributed by atoms with Gasteiger partial charge in [0.05, 0.1) is 0 Å². The van der Waals surface area contributed by atoms with E-state index in [0.717, 1.165) is 32.4 Å². The van der Waals surface area contributed by atoms with Crippen molar-refractivity contribution in [2.45, 2.75) is 31.2 Å². The molecule has 2 fully saturated rings. The van der Waals surface area contributed by atoms with Gasteiger partial charge in [0.2, 0.25) is 5.91 Å². The maximum absolute atomic E-state index is 12.5. The van der Waals surface area contributed by atoms with E-state index in [4.69, 9.17) is 0 Å². The highest BCUT2D eigenvalue weighted by molar-refractivity contribution is 5.89. The van der Waals surface area contributed by atoms with Crippen LogP contribution in [0.3, 0.4) is 0 Å². The first-order valence-electron chi connectivity index (χ1n) is 8.31. The quantitative estimate of drug-likeness (QED) is 0.907. The summed E-state index contributed by atoms with van der Waals surface area (Å²) in [5.41, 5.74) is 1.33. The Hall–Kier alpha value is -1.58. The van der Waals surface area contributed by atoms with E-state index in [1.165, 1.54) is 16.3 Å². The van der Waals surface area contributed by atoms with Gasteiger partial charge in [0.25, 0.3) is 0 Å². The minimum absolute atomic E-state index is 0. The van der Waals surface area contributed by atoms with E-state index >= 15 is 0 Å². The highest BCUT2D eigenvalue weighted by Gasteiger charge is 2.44. The Morgan fingerprint density at radius 2 is 1.96 bits per heavy atom. The van der Waals surface area contributed by atoms with Gasteiger partial charge in [-0.1, -0.05) is 42.5 Å². The average molecular weight is 331 g/mol. The maximum Gasteiger partial charge on any atom is 0.224 e. The smallest absolute Gasteiger partial charge is 0.224 e. The molecule has 4 rings (SSSR count). The number of halogens is 1. The molecule has 2 aromatic rings. The number of carbonyl (C=O) groups excluding carboxylic acids is 1. The fraction of sp³-hybridized carbons (Fsp3) is 0.421. The zero-order valence-electron chi connectivity index (χ0n) is 13.1. The third-order valence-corrected chi connectivity index (χ3v) is 4.99. The van der Waals surface area contributed by atoms with Crippen LogP contribution in [0.1, 0.15) is 30.7 Å². The monoisotopic (exact) mass is 330 g/mol. The van der Waals surface area contributed by atoms with Crippen LogP contribution in [0.5, 0.6) is 0 Å². The second-order valence-electron chi connectivity index (χ2n) is 6.57. The van der Waals surface area contributed by atoms with Gasteiger partial charge in [0, 0.05) is 18.5 Å². The summed E-state index contributed by atoms with van der Waals surface area (Å²) in [5.74, 6) is 0.794. The summed E-state index contributed by atoms with van der Waals surface area (Å²) in [6.07, 6.45) is 3.24. The molecule has 0 aromatic heterocycles. The van der Waals surface area contributed by atoms with Crippen LogP contribution in [0.4, 0.5) is 0 Å². The molecule has 1 aliphatic heterocycles. The van der Waals surface area contributed by atoms with Crippen LogP contribution in [0.2, 0.25) is 0 Å². The third-order valence-electron chi connectivity index (χ3n) is 4.99. The van der Waals surface area contributed by atoms with E-state index in [2.05, 4.69) is 53.1 Å². The van der Waals surface area contributed by atoms with Gasteiger partial charge in [-0.3, -0.25) is 4.79 Å². The molecule has 0 spiro atoms. The normalized spacial score (nSPS) is 26.3. The SMILES string of the molecule is Cl.O=C(N[C@H]1CCCNC1)C1CC1c1cccc2ccccc12. The molecule has 2 unspecified atom stereocenters. The number of fused-ring (bicyclic) bond motifs is 1. The lowest BCUT2D eigenvalue weighted by Gasteiger charge is -2.23. The molecule has 2 aromatic carbocycles. The summed E-state index contributed by atoms with van der Waals surface area (Å²) in [5, 5.41) is 9.14. The van der Waals surface area contributed by atoms with Crippen molar-refractivity contribution in [2.75, 3.05) is 13.1 Å². The summed E-state index contributed by atoms with van der Waals surface area (Å²) in [6.45, 7) is 1.99. The lowest BCUT2D eigenvalue weighted by molar-refractivity contribution is -0.123. The van der Waals surface area contributed by atoms with Crippen LogP contribution < -0.4 is 10.6 Å². The summed E-state index contributed by atoms with van der Waals surface area (Å²) in [7, 11) is 0. The van der Waals surface area contributed by atoms with Crippen LogP contribution >= 0.6 is 12.4 Å². The van der Waals surface area contributed by atoms with Gasteiger partial charge in [-0.25, -0.2) is 0 Å². The number of benzene rings is 2. The highest BCUT2D eigenvalue weighted by atomic mass is 35.5. The van der Waals surface area contributed by atoms with E-state index in [9.17, 15) is 4.79 Å². The number of amides is 1. The summed E-state index contributed by atoms with van der Waals surface area (Å²) < 4.78 is 0. The first-order chi connectivity index (χ1) is 10.8. The number of rotatable bonds is 3. The largest absolute Gasteiger partial charge is 0.352 e. The second-order valence-corrected chi connectivity index (χ2v) is 6.57. The molecule has 122 valence electrons. The van der Waals surface area contributed by atoms with Crippen LogP contribution in [0.25, 0.3) is 10.8 Å². The van der Waals surface area contributed by atoms with Crippen molar-refractivity contribution in [3.63, 3.8) is 0 Å². The minimum Gasteiger partial charge on any atom is -0.352 e. The molecule has 23 heavy (non-hydrogen) atoms. The predicted molar refractivity (Wildman–Crippen MR) is 96.1 cm³/mol. The summed E-state index contributed by atoms with van der Waals surface area (Å²) in [6, 6.07) is 15.2. The molecule has 1 heterocycles. The Morgan fingerprint density at radius 1 is 1.13 bits per heavy atom. The first-order valence-corrected chi connectivity index (χ1v) is 8.31. The van der Waals surface area contributed by atoms with Crippen LogP contribution in [-0.4, -0.2) is 25.0 Å². The molecule has 1 saturated heterocycles. The molecule has 0 radical (unpaired) electrons. The number of hydrogen-bond acceptors (Lipinski definition) is 2. The van der Waals surface area contributed by atoms with Gasteiger partial charge in [-0.05, 0) is 48.1 Å². The van der Waals surface area contributed by atoms with Gasteiger partial charge >= 0.3 is 0 Å². The Labute approximate surface area is 143 Å². The van der Waals surface area contributed by atoms with Crippen molar-refractivity contribution in [1.29, 1.82) is 0 Å². The van der Waals surface area contributed by atoms with Crippen LogP contribution in [0.15, 0.2) is 42.5 Å². The zero-order chi connectivity index (χ0) is 14.9. The molecule has 1 aliphatic carbocycles. The fourth-order valence-corrected chi connectivity index (χ4v) is 3.69. The molecule has 3 nitrogen and oxygen atoms in total. The molecular formula is C19H23ClN2O. The van der Waals surface area contributed by atoms with Gasteiger partial charge in [-0.15, -0.1) is 12.4 Å². The lowest BCUT2D eigenvalue weighted by atomic mass is 10.00. The van der Waals surface area contributed by atoms with E-state index in [-0.39, 0.29) is 24.2 Å². The second kappa shape index (κ2) is 6.90.